The molecule has 0 saturated heterocycles. The van der Waals surface area contributed by atoms with E-state index in [1.54, 1.807) is 0 Å². The maximum Gasteiger partial charge on any atom is 0.0340 e. The third kappa shape index (κ3) is 5.17. The normalized spacial score (nSPS) is 11.4. The number of benzene rings is 1. The highest BCUT2D eigenvalue weighted by Gasteiger charge is 2.15. The van der Waals surface area contributed by atoms with Crippen molar-refractivity contribution in [3.05, 3.63) is 30.3 Å². The summed E-state index contributed by atoms with van der Waals surface area (Å²) in [5.41, 5.74) is 7.18. The second-order valence-electron chi connectivity index (χ2n) is 5.10. The first-order valence-electron chi connectivity index (χ1n) is 6.13. The van der Waals surface area contributed by atoms with E-state index in [4.69, 9.17) is 5.73 Å². The number of hydrogen-bond acceptors (Lipinski definition) is 2. The summed E-state index contributed by atoms with van der Waals surface area (Å²) in [5.74, 6) is 0. The van der Waals surface area contributed by atoms with E-state index in [1.807, 2.05) is 6.07 Å². The Bertz CT molecular complexity index is 280. The molecule has 2 heteroatoms. The molecule has 2 nitrogen and oxygen atoms in total. The van der Waals surface area contributed by atoms with Crippen LogP contribution in [0.4, 0.5) is 5.69 Å². The third-order valence-corrected chi connectivity index (χ3v) is 2.95. The predicted octanol–water partition coefficient (Wildman–Crippen LogP) is 3.25. The van der Waals surface area contributed by atoms with Crippen molar-refractivity contribution in [3.63, 3.8) is 0 Å². The molecule has 0 aliphatic rings. The lowest BCUT2D eigenvalue weighted by Crippen LogP contribution is -2.18. The van der Waals surface area contributed by atoms with Crippen LogP contribution in [0.25, 0.3) is 0 Å². The number of nitrogens with one attached hydrogen (secondary N) is 1. The molecule has 90 valence electrons. The summed E-state index contributed by atoms with van der Waals surface area (Å²) in [7, 11) is 0. The van der Waals surface area contributed by atoms with Gasteiger partial charge in [0.2, 0.25) is 0 Å². The highest BCUT2D eigenvalue weighted by molar-refractivity contribution is 5.42. The Morgan fingerprint density at radius 1 is 1.12 bits per heavy atom. The van der Waals surface area contributed by atoms with E-state index < -0.39 is 0 Å². The van der Waals surface area contributed by atoms with Gasteiger partial charge in [0.25, 0.3) is 0 Å². The summed E-state index contributed by atoms with van der Waals surface area (Å²) >= 11 is 0. The Balaban J connectivity index is 2.17. The molecule has 1 aromatic carbocycles. The minimum Gasteiger partial charge on any atom is -0.385 e. The highest BCUT2D eigenvalue weighted by Crippen LogP contribution is 2.25. The van der Waals surface area contributed by atoms with Gasteiger partial charge in [-0.1, -0.05) is 32.0 Å². The van der Waals surface area contributed by atoms with Crippen molar-refractivity contribution in [1.82, 2.24) is 0 Å². The van der Waals surface area contributed by atoms with Crippen molar-refractivity contribution in [3.8, 4) is 0 Å². The quantitative estimate of drug-likeness (QED) is 0.692. The first-order valence-corrected chi connectivity index (χ1v) is 6.13. The fourth-order valence-electron chi connectivity index (χ4n) is 1.87. The number of anilines is 1. The van der Waals surface area contributed by atoms with Crippen molar-refractivity contribution in [2.75, 3.05) is 18.4 Å². The van der Waals surface area contributed by atoms with Crippen molar-refractivity contribution in [2.45, 2.75) is 33.1 Å². The Morgan fingerprint density at radius 2 is 1.81 bits per heavy atom. The summed E-state index contributed by atoms with van der Waals surface area (Å²) in [6.45, 7) is 6.42. The molecule has 0 spiro atoms. The monoisotopic (exact) mass is 220 g/mol. The fraction of sp³-hybridized carbons (Fsp3) is 0.571. The first-order chi connectivity index (χ1) is 7.64. The molecule has 0 fully saturated rings. The highest BCUT2D eigenvalue weighted by atomic mass is 14.9. The second-order valence-corrected chi connectivity index (χ2v) is 5.10. The molecule has 0 aliphatic heterocycles. The fourth-order valence-corrected chi connectivity index (χ4v) is 1.87. The topological polar surface area (TPSA) is 38.0 Å². The minimum absolute atomic E-state index is 0.382. The zero-order valence-electron chi connectivity index (χ0n) is 10.5. The second kappa shape index (κ2) is 6.54. The van der Waals surface area contributed by atoms with Crippen LogP contribution in [0.15, 0.2) is 30.3 Å². The molecule has 0 heterocycles. The molecule has 3 N–H and O–H groups in total. The Labute approximate surface area is 99.2 Å². The number of rotatable bonds is 7. The van der Waals surface area contributed by atoms with Gasteiger partial charge in [-0.2, -0.15) is 0 Å². The summed E-state index contributed by atoms with van der Waals surface area (Å²) < 4.78 is 0. The van der Waals surface area contributed by atoms with Gasteiger partial charge in [-0.05, 0) is 43.4 Å². The molecule has 0 saturated carbocycles. The largest absolute Gasteiger partial charge is 0.385 e. The van der Waals surface area contributed by atoms with E-state index in [-0.39, 0.29) is 0 Å². The standard InChI is InChI=1S/C14H24N2/c1-14(2,10-11-15)9-6-12-16-13-7-4-3-5-8-13/h3-5,7-8,16H,6,9-12,15H2,1-2H3. The molecule has 1 rings (SSSR count). The molecule has 0 aliphatic carbocycles. The average Bonchev–Trinajstić information content (AvgIpc) is 2.26. The maximum absolute atomic E-state index is 5.59. The molecule has 0 aromatic heterocycles. The van der Waals surface area contributed by atoms with Crippen molar-refractivity contribution >= 4 is 5.69 Å². The van der Waals surface area contributed by atoms with Gasteiger partial charge >= 0.3 is 0 Å². The van der Waals surface area contributed by atoms with Crippen LogP contribution in [0.5, 0.6) is 0 Å². The zero-order valence-corrected chi connectivity index (χ0v) is 10.5. The third-order valence-electron chi connectivity index (χ3n) is 2.95. The molecule has 0 amide bonds. The van der Waals surface area contributed by atoms with E-state index >= 15 is 0 Å². The van der Waals surface area contributed by atoms with E-state index in [0.29, 0.717) is 5.41 Å². The molecular weight excluding hydrogens is 196 g/mol. The lowest BCUT2D eigenvalue weighted by Gasteiger charge is -2.23. The van der Waals surface area contributed by atoms with Crippen molar-refractivity contribution < 1.29 is 0 Å². The van der Waals surface area contributed by atoms with Crippen LogP contribution in [-0.2, 0) is 0 Å². The zero-order chi connectivity index (χ0) is 11.9. The molecule has 0 atom stereocenters. The number of hydrogen-bond donors (Lipinski definition) is 2. The smallest absolute Gasteiger partial charge is 0.0340 e. The van der Waals surface area contributed by atoms with E-state index in [9.17, 15) is 0 Å². The summed E-state index contributed by atoms with van der Waals surface area (Å²) in [4.78, 5) is 0. The van der Waals surface area contributed by atoms with Crippen LogP contribution in [0.3, 0.4) is 0 Å². The van der Waals surface area contributed by atoms with Gasteiger partial charge < -0.3 is 11.1 Å². The van der Waals surface area contributed by atoms with Gasteiger partial charge in [0, 0.05) is 12.2 Å². The SMILES string of the molecule is CC(C)(CCN)CCCNc1ccccc1. The maximum atomic E-state index is 5.59. The Kier molecular flexibility index (Phi) is 5.33. The summed E-state index contributed by atoms with van der Waals surface area (Å²) in [6.07, 6.45) is 3.53. The Hall–Kier alpha value is -1.02. The van der Waals surface area contributed by atoms with E-state index in [0.717, 1.165) is 19.5 Å². The Morgan fingerprint density at radius 3 is 2.44 bits per heavy atom. The van der Waals surface area contributed by atoms with E-state index in [1.165, 1.54) is 18.5 Å². The van der Waals surface area contributed by atoms with Crippen LogP contribution in [-0.4, -0.2) is 13.1 Å². The van der Waals surface area contributed by atoms with Crippen LogP contribution in [0.2, 0.25) is 0 Å². The molecule has 16 heavy (non-hydrogen) atoms. The van der Waals surface area contributed by atoms with Crippen LogP contribution >= 0.6 is 0 Å². The van der Waals surface area contributed by atoms with Gasteiger partial charge in [0.1, 0.15) is 0 Å². The van der Waals surface area contributed by atoms with Crippen LogP contribution in [0.1, 0.15) is 33.1 Å². The number of nitrogens with two attached hydrogens (primary N) is 1. The van der Waals surface area contributed by atoms with Crippen LogP contribution < -0.4 is 11.1 Å². The van der Waals surface area contributed by atoms with Gasteiger partial charge in [-0.25, -0.2) is 0 Å². The molecule has 0 unspecified atom stereocenters. The van der Waals surface area contributed by atoms with Crippen LogP contribution in [0, 0.1) is 5.41 Å². The number of para-hydroxylation sites is 1. The molecule has 0 bridgehead atoms. The molecular formula is C14H24N2. The first kappa shape index (κ1) is 13.0. The van der Waals surface area contributed by atoms with Gasteiger partial charge in [0.15, 0.2) is 0 Å². The lowest BCUT2D eigenvalue weighted by molar-refractivity contribution is 0.308. The lowest BCUT2D eigenvalue weighted by atomic mass is 9.84. The van der Waals surface area contributed by atoms with Crippen molar-refractivity contribution in [1.29, 1.82) is 0 Å². The molecule has 1 aromatic rings. The van der Waals surface area contributed by atoms with Gasteiger partial charge in [0.05, 0.1) is 0 Å². The summed E-state index contributed by atoms with van der Waals surface area (Å²) in [5, 5.41) is 3.43. The van der Waals surface area contributed by atoms with Crippen molar-refractivity contribution in [2.24, 2.45) is 11.1 Å². The van der Waals surface area contributed by atoms with Gasteiger partial charge in [-0.15, -0.1) is 0 Å². The minimum atomic E-state index is 0.382. The van der Waals surface area contributed by atoms with Gasteiger partial charge in [-0.3, -0.25) is 0 Å². The average molecular weight is 220 g/mol. The predicted molar refractivity (Wildman–Crippen MR) is 71.6 cm³/mol. The van der Waals surface area contributed by atoms with E-state index in [2.05, 4.69) is 43.4 Å². The molecule has 0 radical (unpaired) electrons. The summed E-state index contributed by atoms with van der Waals surface area (Å²) in [6, 6.07) is 10.4.